The lowest BCUT2D eigenvalue weighted by molar-refractivity contribution is -0.539. The number of hydrogen-bond donors (Lipinski definition) is 1. The number of rotatable bonds is 1. The number of nitrogens with zero attached hydrogens (tertiary/aromatic N) is 1. The zero-order valence-electron chi connectivity index (χ0n) is 6.24. The van der Waals surface area contributed by atoms with Crippen LogP contribution in [0.4, 0.5) is 5.69 Å². The highest BCUT2D eigenvalue weighted by Gasteiger charge is 1.98. The number of aromatic nitrogens is 1. The molecule has 0 amide bonds. The highest BCUT2D eigenvalue weighted by atomic mass is 32.1. The van der Waals surface area contributed by atoms with E-state index in [9.17, 15) is 0 Å². The van der Waals surface area contributed by atoms with Crippen LogP contribution in [0.1, 0.15) is 0 Å². The second kappa shape index (κ2) is 2.60. The molecule has 0 unspecified atom stereocenters. The molecule has 3 heteroatoms. The van der Waals surface area contributed by atoms with Gasteiger partial charge in [-0.1, -0.05) is 0 Å². The van der Waals surface area contributed by atoms with Crippen molar-refractivity contribution >= 4 is 27.2 Å². The van der Waals surface area contributed by atoms with Gasteiger partial charge in [0.2, 0.25) is 0 Å². The van der Waals surface area contributed by atoms with Gasteiger partial charge in [-0.2, -0.15) is 0 Å². The van der Waals surface area contributed by atoms with Crippen LogP contribution < -0.4 is 5.32 Å². The summed E-state index contributed by atoms with van der Waals surface area (Å²) >= 11 is 1.69. The third kappa shape index (κ3) is 1.13. The first-order chi connectivity index (χ1) is 5.40. The maximum atomic E-state index is 4.20. The van der Waals surface area contributed by atoms with Gasteiger partial charge in [-0.05, 0) is 6.07 Å². The van der Waals surface area contributed by atoms with Crippen molar-refractivity contribution in [3.05, 3.63) is 23.7 Å². The summed E-state index contributed by atoms with van der Waals surface area (Å²) in [6.45, 7) is 0. The maximum absolute atomic E-state index is 4.20. The van der Waals surface area contributed by atoms with Crippen molar-refractivity contribution in [2.24, 2.45) is 0 Å². The van der Waals surface area contributed by atoms with E-state index in [2.05, 4.69) is 28.5 Å². The van der Waals surface area contributed by atoms with Crippen LogP contribution in [-0.4, -0.2) is 12.0 Å². The fourth-order valence-electron chi connectivity index (χ4n) is 1.05. The van der Waals surface area contributed by atoms with Gasteiger partial charge in [0.15, 0.2) is 0 Å². The minimum absolute atomic E-state index is 1.10. The molecule has 56 valence electrons. The molecule has 0 aliphatic heterocycles. The van der Waals surface area contributed by atoms with Crippen LogP contribution in [0.5, 0.6) is 0 Å². The van der Waals surface area contributed by atoms with Crippen molar-refractivity contribution in [1.82, 2.24) is 4.98 Å². The van der Waals surface area contributed by atoms with Gasteiger partial charge in [0.1, 0.15) is 5.69 Å². The number of benzene rings is 1. The monoisotopic (exact) mass is 165 g/mol. The summed E-state index contributed by atoms with van der Waals surface area (Å²) in [6.07, 6.45) is 0. The van der Waals surface area contributed by atoms with Gasteiger partial charge in [-0.15, -0.1) is 11.3 Å². The van der Waals surface area contributed by atoms with Crippen molar-refractivity contribution in [3.63, 3.8) is 0 Å². The van der Waals surface area contributed by atoms with E-state index in [1.807, 2.05) is 12.6 Å². The van der Waals surface area contributed by atoms with Gasteiger partial charge >= 0.3 is 0 Å². The Bertz CT molecular complexity index is 367. The molecular weight excluding hydrogens is 156 g/mol. The van der Waals surface area contributed by atoms with Crippen LogP contribution in [-0.2, 0) is 0 Å². The molecular formula is C8H9N2S+. The lowest BCUT2D eigenvalue weighted by Crippen LogP contribution is -2.72. The zero-order chi connectivity index (χ0) is 7.68. The first-order valence-corrected chi connectivity index (χ1v) is 4.41. The van der Waals surface area contributed by atoms with Crippen molar-refractivity contribution in [3.8, 4) is 0 Å². The van der Waals surface area contributed by atoms with E-state index < -0.39 is 0 Å². The molecule has 2 aromatic rings. The second-order valence-corrected chi connectivity index (χ2v) is 3.25. The standard InChI is InChI=1S/C8H8N2S/c1-9-6-2-3-7-8(4-6)11-5-10-7/h2-5,9H,1H3/p+1. The quantitative estimate of drug-likeness (QED) is 0.630. The van der Waals surface area contributed by atoms with Gasteiger partial charge < -0.3 is 5.32 Å². The van der Waals surface area contributed by atoms with Crippen LogP contribution in [0.3, 0.4) is 0 Å². The van der Waals surface area contributed by atoms with E-state index in [0.717, 1.165) is 5.52 Å². The largest absolute Gasteiger partial charge is 0.316 e. The molecule has 0 radical (unpaired) electrons. The first kappa shape index (κ1) is 6.76. The van der Waals surface area contributed by atoms with Crippen molar-refractivity contribution in [2.45, 2.75) is 0 Å². The summed E-state index contributed by atoms with van der Waals surface area (Å²) in [5, 5.41) is 2.10. The molecule has 0 fully saturated rings. The molecule has 0 bridgehead atoms. The summed E-state index contributed by atoms with van der Waals surface area (Å²) < 4.78 is 1.26. The smallest absolute Gasteiger partial charge is 0.130 e. The van der Waals surface area contributed by atoms with Crippen LogP contribution in [0, 0.1) is 0 Å². The Morgan fingerprint density at radius 3 is 3.18 bits per heavy atom. The van der Waals surface area contributed by atoms with Gasteiger partial charge in [0, 0.05) is 12.1 Å². The van der Waals surface area contributed by atoms with E-state index in [4.69, 9.17) is 0 Å². The van der Waals surface area contributed by atoms with Gasteiger partial charge in [-0.3, -0.25) is 0 Å². The SMILES string of the molecule is C[NH2+]c1ccc2ncsc2c1. The molecule has 0 saturated carbocycles. The summed E-state index contributed by atoms with van der Waals surface area (Å²) in [4.78, 5) is 4.20. The number of thiazole rings is 1. The fraction of sp³-hybridized carbons (Fsp3) is 0.125. The third-order valence-electron chi connectivity index (χ3n) is 1.69. The highest BCUT2D eigenvalue weighted by molar-refractivity contribution is 7.16. The first-order valence-electron chi connectivity index (χ1n) is 3.53. The predicted molar refractivity (Wildman–Crippen MR) is 47.1 cm³/mol. The van der Waals surface area contributed by atoms with Gasteiger partial charge in [-0.25, -0.2) is 4.98 Å². The third-order valence-corrected chi connectivity index (χ3v) is 2.48. The van der Waals surface area contributed by atoms with E-state index in [1.54, 1.807) is 11.3 Å². The highest BCUT2D eigenvalue weighted by Crippen LogP contribution is 2.19. The van der Waals surface area contributed by atoms with E-state index >= 15 is 0 Å². The summed E-state index contributed by atoms with van der Waals surface area (Å²) in [5.41, 5.74) is 4.24. The van der Waals surface area contributed by atoms with Crippen LogP contribution in [0.25, 0.3) is 10.2 Å². The molecule has 0 saturated heterocycles. The lowest BCUT2D eigenvalue weighted by Gasteiger charge is -1.91. The lowest BCUT2D eigenvalue weighted by atomic mass is 10.3. The van der Waals surface area contributed by atoms with Gasteiger partial charge in [0.05, 0.1) is 22.8 Å². The van der Waals surface area contributed by atoms with E-state index in [0.29, 0.717) is 0 Å². The van der Waals surface area contributed by atoms with E-state index in [-0.39, 0.29) is 0 Å². The molecule has 0 spiro atoms. The Hall–Kier alpha value is -0.930. The predicted octanol–water partition coefficient (Wildman–Crippen LogP) is 1.12. The molecule has 2 nitrogen and oxygen atoms in total. The molecule has 11 heavy (non-hydrogen) atoms. The Labute approximate surface area is 68.9 Å². The van der Waals surface area contributed by atoms with Crippen LogP contribution >= 0.6 is 11.3 Å². The Morgan fingerprint density at radius 2 is 2.36 bits per heavy atom. The molecule has 2 N–H and O–H groups in total. The van der Waals surface area contributed by atoms with Crippen molar-refractivity contribution < 1.29 is 5.32 Å². The van der Waals surface area contributed by atoms with E-state index in [1.165, 1.54) is 10.4 Å². The summed E-state index contributed by atoms with van der Waals surface area (Å²) in [6, 6.07) is 6.30. The number of fused-ring (bicyclic) bond motifs is 1. The number of nitrogens with two attached hydrogens (primary N) is 1. The average molecular weight is 165 g/mol. The van der Waals surface area contributed by atoms with Gasteiger partial charge in [0.25, 0.3) is 0 Å². The fourth-order valence-corrected chi connectivity index (χ4v) is 1.78. The zero-order valence-corrected chi connectivity index (χ0v) is 7.06. The molecule has 1 heterocycles. The molecule has 0 aliphatic rings. The van der Waals surface area contributed by atoms with Crippen molar-refractivity contribution in [2.75, 3.05) is 7.05 Å². The van der Waals surface area contributed by atoms with Crippen LogP contribution in [0.15, 0.2) is 23.7 Å². The minimum Gasteiger partial charge on any atom is -0.316 e. The molecule has 1 aromatic heterocycles. The average Bonchev–Trinajstić information content (AvgIpc) is 2.50. The van der Waals surface area contributed by atoms with Crippen LogP contribution in [0.2, 0.25) is 0 Å². The topological polar surface area (TPSA) is 29.5 Å². The molecule has 1 aromatic carbocycles. The number of hydrogen-bond acceptors (Lipinski definition) is 2. The number of quaternary nitrogens is 1. The molecule has 0 aliphatic carbocycles. The van der Waals surface area contributed by atoms with Crippen molar-refractivity contribution in [1.29, 1.82) is 0 Å². The molecule has 0 atom stereocenters. The Balaban J connectivity index is 2.67. The normalized spacial score (nSPS) is 10.6. The maximum Gasteiger partial charge on any atom is 0.130 e. The summed E-state index contributed by atoms with van der Waals surface area (Å²) in [7, 11) is 2.04. The molecule has 2 rings (SSSR count). The Kier molecular flexibility index (Phi) is 1.60. The summed E-state index contributed by atoms with van der Waals surface area (Å²) in [5.74, 6) is 0. The Morgan fingerprint density at radius 1 is 1.45 bits per heavy atom. The minimum atomic E-state index is 1.10. The second-order valence-electron chi connectivity index (χ2n) is 2.37.